The van der Waals surface area contributed by atoms with Gasteiger partial charge in [-0.05, 0) is 12.1 Å². The molecule has 2 aromatic rings. The normalized spacial score (nSPS) is 9.94. The molecule has 6 nitrogen and oxygen atoms in total. The van der Waals surface area contributed by atoms with Crippen molar-refractivity contribution in [2.24, 2.45) is 0 Å². The van der Waals surface area contributed by atoms with Crippen molar-refractivity contribution < 1.29 is 19.2 Å². The number of nitrogens with zero attached hydrogens (tertiary/aromatic N) is 1. The Bertz CT molecular complexity index is 522. The maximum Gasteiger partial charge on any atom is 0.259 e. The third-order valence-corrected chi connectivity index (χ3v) is 2.14. The van der Waals surface area contributed by atoms with Gasteiger partial charge in [-0.3, -0.25) is 4.79 Å². The van der Waals surface area contributed by atoms with Crippen molar-refractivity contribution >= 4 is 11.6 Å². The SMILES string of the molecule is COc1ccc(C(=O)Nc2cnoc2)c(O)c1. The summed E-state index contributed by atoms with van der Waals surface area (Å²) in [6.07, 6.45) is 2.65. The van der Waals surface area contributed by atoms with Crippen molar-refractivity contribution in [1.82, 2.24) is 5.16 Å². The average molecular weight is 234 g/mol. The minimum absolute atomic E-state index is 0.145. The van der Waals surface area contributed by atoms with Gasteiger partial charge < -0.3 is 19.7 Å². The predicted molar refractivity (Wildman–Crippen MR) is 59.1 cm³/mol. The van der Waals surface area contributed by atoms with E-state index in [1.807, 2.05) is 0 Å². The van der Waals surface area contributed by atoms with E-state index in [1.165, 1.54) is 31.7 Å². The molecule has 0 saturated heterocycles. The second-order valence-electron chi connectivity index (χ2n) is 3.25. The summed E-state index contributed by atoms with van der Waals surface area (Å²) in [6.45, 7) is 0. The molecule has 88 valence electrons. The van der Waals surface area contributed by atoms with Gasteiger partial charge in [0.15, 0.2) is 0 Å². The first-order valence-electron chi connectivity index (χ1n) is 4.78. The van der Waals surface area contributed by atoms with Crippen LogP contribution in [0.5, 0.6) is 11.5 Å². The van der Waals surface area contributed by atoms with Gasteiger partial charge in [0, 0.05) is 6.07 Å². The maximum atomic E-state index is 11.8. The molecule has 0 radical (unpaired) electrons. The molecule has 0 bridgehead atoms. The van der Waals surface area contributed by atoms with E-state index >= 15 is 0 Å². The maximum absolute atomic E-state index is 11.8. The van der Waals surface area contributed by atoms with Crippen molar-refractivity contribution in [3.05, 3.63) is 36.2 Å². The smallest absolute Gasteiger partial charge is 0.259 e. The number of hydrogen-bond donors (Lipinski definition) is 2. The number of aromatic hydroxyl groups is 1. The molecule has 1 aromatic heterocycles. The van der Waals surface area contributed by atoms with E-state index in [0.717, 1.165) is 0 Å². The summed E-state index contributed by atoms with van der Waals surface area (Å²) in [5.74, 6) is -0.129. The van der Waals surface area contributed by atoms with E-state index < -0.39 is 5.91 Å². The summed E-state index contributed by atoms with van der Waals surface area (Å²) in [5.41, 5.74) is 0.567. The lowest BCUT2D eigenvalue weighted by molar-refractivity contribution is 0.102. The van der Waals surface area contributed by atoms with Gasteiger partial charge in [0.1, 0.15) is 23.4 Å². The molecule has 0 fully saturated rings. The second-order valence-corrected chi connectivity index (χ2v) is 3.25. The van der Waals surface area contributed by atoms with Gasteiger partial charge in [-0.1, -0.05) is 5.16 Å². The van der Waals surface area contributed by atoms with Crippen molar-refractivity contribution in [3.8, 4) is 11.5 Å². The number of aromatic nitrogens is 1. The Morgan fingerprint density at radius 1 is 1.53 bits per heavy atom. The standard InChI is InChI=1S/C11H10N2O4/c1-16-8-2-3-9(10(14)4-8)11(15)13-7-5-12-17-6-7/h2-6,14H,1H3,(H,13,15). The first-order valence-corrected chi connectivity index (χ1v) is 4.78. The number of phenolic OH excluding ortho intramolecular Hbond substituents is 1. The van der Waals surface area contributed by atoms with Gasteiger partial charge in [-0.15, -0.1) is 0 Å². The third kappa shape index (κ3) is 2.36. The van der Waals surface area contributed by atoms with E-state index in [9.17, 15) is 9.90 Å². The Morgan fingerprint density at radius 2 is 2.35 bits per heavy atom. The fourth-order valence-corrected chi connectivity index (χ4v) is 1.30. The van der Waals surface area contributed by atoms with Crippen LogP contribution in [0.3, 0.4) is 0 Å². The number of amides is 1. The van der Waals surface area contributed by atoms with Crippen LogP contribution in [0.15, 0.2) is 35.2 Å². The molecule has 0 atom stereocenters. The highest BCUT2D eigenvalue weighted by Crippen LogP contribution is 2.24. The average Bonchev–Trinajstić information content (AvgIpc) is 2.81. The van der Waals surface area contributed by atoms with Crippen LogP contribution in [0.4, 0.5) is 5.69 Å². The number of benzene rings is 1. The monoisotopic (exact) mass is 234 g/mol. The van der Waals surface area contributed by atoms with Crippen LogP contribution in [0.2, 0.25) is 0 Å². The second kappa shape index (κ2) is 4.56. The highest BCUT2D eigenvalue weighted by molar-refractivity contribution is 6.06. The Labute approximate surface area is 96.8 Å². The molecule has 0 unspecified atom stereocenters. The molecule has 0 aliphatic rings. The largest absolute Gasteiger partial charge is 0.507 e. The van der Waals surface area contributed by atoms with Crippen LogP contribution >= 0.6 is 0 Å². The quantitative estimate of drug-likeness (QED) is 0.843. The fourth-order valence-electron chi connectivity index (χ4n) is 1.30. The summed E-state index contributed by atoms with van der Waals surface area (Å²) in [5, 5.41) is 15.6. The summed E-state index contributed by atoms with van der Waals surface area (Å²) < 4.78 is 9.49. The molecular formula is C11H10N2O4. The number of carbonyl (C=O) groups excluding carboxylic acids is 1. The van der Waals surface area contributed by atoms with E-state index in [-0.39, 0.29) is 11.3 Å². The van der Waals surface area contributed by atoms with Crippen molar-refractivity contribution in [1.29, 1.82) is 0 Å². The number of phenols is 1. The van der Waals surface area contributed by atoms with Gasteiger partial charge >= 0.3 is 0 Å². The molecule has 1 heterocycles. The zero-order chi connectivity index (χ0) is 12.3. The number of rotatable bonds is 3. The van der Waals surface area contributed by atoms with Gasteiger partial charge in [-0.25, -0.2) is 0 Å². The van der Waals surface area contributed by atoms with Gasteiger partial charge in [0.25, 0.3) is 5.91 Å². The molecule has 0 saturated carbocycles. The lowest BCUT2D eigenvalue weighted by Crippen LogP contribution is -2.11. The Balaban J connectivity index is 2.19. The Morgan fingerprint density at radius 3 is 2.94 bits per heavy atom. The third-order valence-electron chi connectivity index (χ3n) is 2.14. The predicted octanol–water partition coefficient (Wildman–Crippen LogP) is 1.64. The van der Waals surface area contributed by atoms with Crippen LogP contribution in [0, 0.1) is 0 Å². The lowest BCUT2D eigenvalue weighted by atomic mass is 10.2. The number of nitrogens with one attached hydrogen (secondary N) is 1. The molecule has 2 N–H and O–H groups in total. The number of ether oxygens (including phenoxy) is 1. The number of carbonyl (C=O) groups is 1. The van der Waals surface area contributed by atoms with Gasteiger partial charge in [0.2, 0.25) is 0 Å². The number of hydrogen-bond acceptors (Lipinski definition) is 5. The Hall–Kier alpha value is -2.50. The topological polar surface area (TPSA) is 84.6 Å². The van der Waals surface area contributed by atoms with Crippen LogP contribution in [-0.2, 0) is 0 Å². The van der Waals surface area contributed by atoms with Crippen molar-refractivity contribution in [2.75, 3.05) is 12.4 Å². The van der Waals surface area contributed by atoms with Crippen molar-refractivity contribution in [2.45, 2.75) is 0 Å². The molecule has 2 rings (SSSR count). The highest BCUT2D eigenvalue weighted by atomic mass is 16.5. The van der Waals surface area contributed by atoms with Crippen LogP contribution in [0.25, 0.3) is 0 Å². The summed E-state index contributed by atoms with van der Waals surface area (Å²) in [6, 6.07) is 4.42. The molecule has 0 aliphatic carbocycles. The van der Waals surface area contributed by atoms with E-state index in [1.54, 1.807) is 6.07 Å². The molecule has 1 aromatic carbocycles. The van der Waals surface area contributed by atoms with Gasteiger partial charge in [-0.2, -0.15) is 0 Å². The van der Waals surface area contributed by atoms with E-state index in [4.69, 9.17) is 4.74 Å². The van der Waals surface area contributed by atoms with E-state index in [0.29, 0.717) is 11.4 Å². The summed E-state index contributed by atoms with van der Waals surface area (Å²) >= 11 is 0. The molecular weight excluding hydrogens is 224 g/mol. The minimum atomic E-state index is -0.451. The summed E-state index contributed by atoms with van der Waals surface area (Å²) in [7, 11) is 1.48. The zero-order valence-electron chi connectivity index (χ0n) is 9.01. The van der Waals surface area contributed by atoms with Crippen LogP contribution < -0.4 is 10.1 Å². The van der Waals surface area contributed by atoms with Gasteiger partial charge in [0.05, 0.1) is 18.9 Å². The Kier molecular flexibility index (Phi) is 2.95. The number of anilines is 1. The van der Waals surface area contributed by atoms with Crippen molar-refractivity contribution in [3.63, 3.8) is 0 Å². The molecule has 17 heavy (non-hydrogen) atoms. The first kappa shape index (κ1) is 11.0. The van der Waals surface area contributed by atoms with E-state index in [2.05, 4.69) is 15.0 Å². The zero-order valence-corrected chi connectivity index (χ0v) is 9.01. The molecule has 1 amide bonds. The molecule has 0 aliphatic heterocycles. The molecule has 6 heteroatoms. The summed E-state index contributed by atoms with van der Waals surface area (Å²) in [4.78, 5) is 11.8. The molecule has 0 spiro atoms. The minimum Gasteiger partial charge on any atom is -0.507 e. The lowest BCUT2D eigenvalue weighted by Gasteiger charge is -2.06. The first-order chi connectivity index (χ1) is 8.20. The van der Waals surface area contributed by atoms with Crippen LogP contribution in [-0.4, -0.2) is 23.3 Å². The highest BCUT2D eigenvalue weighted by Gasteiger charge is 2.12. The van der Waals surface area contributed by atoms with Crippen LogP contribution in [0.1, 0.15) is 10.4 Å². The number of methoxy groups -OCH3 is 1. The fraction of sp³-hybridized carbons (Fsp3) is 0.0909.